The molecule has 1 fully saturated rings. The van der Waals surface area contributed by atoms with Crippen molar-refractivity contribution in [3.63, 3.8) is 0 Å². The van der Waals surface area contributed by atoms with Crippen LogP contribution in [0.1, 0.15) is 29.8 Å². The summed E-state index contributed by atoms with van der Waals surface area (Å²) in [5.74, 6) is -0.989. The quantitative estimate of drug-likeness (QED) is 0.612. The number of likely N-dealkylation sites (tertiary alicyclic amines) is 1. The minimum Gasteiger partial charge on any atom is -0.492 e. The van der Waals surface area contributed by atoms with Crippen LogP contribution in [0.15, 0.2) is 36.4 Å². The zero-order valence-corrected chi connectivity index (χ0v) is 17.4. The lowest BCUT2D eigenvalue weighted by atomic mass is 9.90. The van der Waals surface area contributed by atoms with Gasteiger partial charge >= 0.3 is 0 Å². The molecule has 3 heterocycles. The van der Waals surface area contributed by atoms with Gasteiger partial charge in [-0.2, -0.15) is 0 Å². The third-order valence-corrected chi connectivity index (χ3v) is 6.37. The van der Waals surface area contributed by atoms with Crippen LogP contribution >= 0.6 is 0 Å². The highest BCUT2D eigenvalue weighted by atomic mass is 19.1. The predicted octanol–water partition coefficient (Wildman–Crippen LogP) is 4.35. The van der Waals surface area contributed by atoms with E-state index in [9.17, 15) is 4.39 Å². The number of fused-ring (bicyclic) bond motifs is 3. The zero-order chi connectivity index (χ0) is 21.5. The van der Waals surface area contributed by atoms with E-state index in [2.05, 4.69) is 15.2 Å². The van der Waals surface area contributed by atoms with Crippen molar-refractivity contribution in [2.45, 2.75) is 25.4 Å². The van der Waals surface area contributed by atoms with E-state index in [1.54, 1.807) is 0 Å². The van der Waals surface area contributed by atoms with Gasteiger partial charge in [0, 0.05) is 65.9 Å². The molecule has 2 atom stereocenters. The number of aromatic amines is 1. The minimum absolute atomic E-state index is 0.000219. The third-order valence-electron chi connectivity index (χ3n) is 6.37. The first-order valence-electron chi connectivity index (χ1n) is 10.8. The van der Waals surface area contributed by atoms with Crippen LogP contribution in [-0.4, -0.2) is 48.8 Å². The van der Waals surface area contributed by atoms with E-state index in [1.807, 2.05) is 31.2 Å². The number of hydrogen-bond donors (Lipinski definition) is 2. The van der Waals surface area contributed by atoms with Gasteiger partial charge in [0.05, 0.1) is 12.7 Å². The average molecular weight is 429 g/mol. The highest BCUT2D eigenvalue weighted by Crippen LogP contribution is 2.37. The Morgan fingerprint density at radius 3 is 2.61 bits per heavy atom. The fraction of sp³-hybridized carbons (Fsp3) is 0.417. The SMILES string of the molecule is CC1Cc2c([nH]c3ccccc23)C(c2c(F)cc(OCCN3CC(CF)C3)cc2F)N1. The summed E-state index contributed by atoms with van der Waals surface area (Å²) in [4.78, 5) is 5.43. The normalized spacial score (nSPS) is 21.8. The first-order chi connectivity index (χ1) is 15.0. The van der Waals surface area contributed by atoms with Crippen LogP contribution in [0.2, 0.25) is 0 Å². The van der Waals surface area contributed by atoms with Crippen LogP contribution in [0, 0.1) is 17.6 Å². The second-order valence-corrected chi connectivity index (χ2v) is 8.70. The molecule has 7 heteroatoms. The largest absolute Gasteiger partial charge is 0.492 e. The molecule has 2 aliphatic rings. The van der Waals surface area contributed by atoms with Gasteiger partial charge in [-0.3, -0.25) is 9.29 Å². The fourth-order valence-corrected chi connectivity index (χ4v) is 4.82. The van der Waals surface area contributed by atoms with E-state index in [4.69, 9.17) is 4.74 Å². The Balaban J connectivity index is 1.37. The number of benzene rings is 2. The summed E-state index contributed by atoms with van der Waals surface area (Å²) in [6.07, 6.45) is 0.792. The van der Waals surface area contributed by atoms with E-state index in [0.717, 1.165) is 28.6 Å². The fourth-order valence-electron chi connectivity index (χ4n) is 4.82. The molecule has 31 heavy (non-hydrogen) atoms. The first kappa shape index (κ1) is 20.4. The Morgan fingerprint density at radius 1 is 1.13 bits per heavy atom. The van der Waals surface area contributed by atoms with E-state index in [1.165, 1.54) is 12.1 Å². The van der Waals surface area contributed by atoms with Gasteiger partial charge in [-0.15, -0.1) is 0 Å². The van der Waals surface area contributed by atoms with Gasteiger partial charge in [0.1, 0.15) is 24.0 Å². The smallest absolute Gasteiger partial charge is 0.135 e. The number of nitrogens with one attached hydrogen (secondary N) is 2. The summed E-state index contributed by atoms with van der Waals surface area (Å²) in [7, 11) is 0. The van der Waals surface area contributed by atoms with Gasteiger partial charge in [0.25, 0.3) is 0 Å². The summed E-state index contributed by atoms with van der Waals surface area (Å²) in [6.45, 7) is 4.05. The molecule has 5 rings (SSSR count). The Hall–Kier alpha value is -2.51. The van der Waals surface area contributed by atoms with Crippen molar-refractivity contribution in [3.05, 3.63) is 64.9 Å². The number of para-hydroxylation sites is 1. The molecule has 2 aromatic carbocycles. The number of hydrogen-bond acceptors (Lipinski definition) is 3. The summed E-state index contributed by atoms with van der Waals surface area (Å²) in [5, 5.41) is 4.44. The number of alkyl halides is 1. The molecule has 2 aliphatic heterocycles. The molecular weight excluding hydrogens is 403 g/mol. The van der Waals surface area contributed by atoms with Crippen LogP contribution in [0.5, 0.6) is 5.75 Å². The van der Waals surface area contributed by atoms with Crippen molar-refractivity contribution < 1.29 is 17.9 Å². The third kappa shape index (κ3) is 3.81. The van der Waals surface area contributed by atoms with Crippen molar-refractivity contribution in [2.24, 2.45) is 5.92 Å². The van der Waals surface area contributed by atoms with Crippen LogP contribution < -0.4 is 10.1 Å². The molecule has 0 saturated carbocycles. The van der Waals surface area contributed by atoms with E-state index in [0.29, 0.717) is 26.2 Å². The van der Waals surface area contributed by atoms with Crippen LogP contribution in [0.4, 0.5) is 13.2 Å². The Kier molecular flexibility index (Phi) is 5.40. The lowest BCUT2D eigenvalue weighted by Crippen LogP contribution is -2.49. The molecule has 2 unspecified atom stereocenters. The van der Waals surface area contributed by atoms with Gasteiger partial charge < -0.3 is 15.0 Å². The highest BCUT2D eigenvalue weighted by Gasteiger charge is 2.32. The van der Waals surface area contributed by atoms with Crippen molar-refractivity contribution in [2.75, 3.05) is 32.9 Å². The number of aromatic nitrogens is 1. The maximum absolute atomic E-state index is 15.1. The lowest BCUT2D eigenvalue weighted by Gasteiger charge is -2.37. The number of rotatable bonds is 6. The predicted molar refractivity (Wildman–Crippen MR) is 114 cm³/mol. The molecule has 1 saturated heterocycles. The molecule has 3 aromatic rings. The van der Waals surface area contributed by atoms with Crippen molar-refractivity contribution in [1.29, 1.82) is 0 Å². The maximum Gasteiger partial charge on any atom is 0.135 e. The standard InChI is InChI=1S/C24H26F3N3O/c1-14-8-18-17-4-2-3-5-21(17)29-23(18)24(28-14)22-19(26)9-16(10-20(22)27)31-7-6-30-12-15(11-25)13-30/h2-5,9-10,14-15,24,28-29H,6-8,11-13H2,1H3. The number of H-pyrrole nitrogens is 1. The Labute approximate surface area is 179 Å². The molecular formula is C24H26F3N3O. The summed E-state index contributed by atoms with van der Waals surface area (Å²) in [6, 6.07) is 9.93. The molecule has 164 valence electrons. The monoisotopic (exact) mass is 429 g/mol. The first-order valence-corrected chi connectivity index (χ1v) is 10.8. The van der Waals surface area contributed by atoms with Crippen molar-refractivity contribution in [1.82, 2.24) is 15.2 Å². The minimum atomic E-state index is -0.632. The van der Waals surface area contributed by atoms with Crippen LogP contribution in [-0.2, 0) is 6.42 Å². The molecule has 2 N–H and O–H groups in total. The average Bonchev–Trinajstić information content (AvgIpc) is 3.08. The molecule has 0 bridgehead atoms. The van der Waals surface area contributed by atoms with Crippen molar-refractivity contribution in [3.8, 4) is 5.75 Å². The van der Waals surface area contributed by atoms with Gasteiger partial charge in [0.2, 0.25) is 0 Å². The Morgan fingerprint density at radius 2 is 1.87 bits per heavy atom. The van der Waals surface area contributed by atoms with Crippen LogP contribution in [0.25, 0.3) is 10.9 Å². The van der Waals surface area contributed by atoms with Gasteiger partial charge in [-0.25, -0.2) is 8.78 Å². The molecule has 4 nitrogen and oxygen atoms in total. The molecule has 0 spiro atoms. The topological polar surface area (TPSA) is 40.3 Å². The molecule has 0 aliphatic carbocycles. The van der Waals surface area contributed by atoms with Gasteiger partial charge in [-0.05, 0) is 25.0 Å². The lowest BCUT2D eigenvalue weighted by molar-refractivity contribution is 0.0667. The summed E-state index contributed by atoms with van der Waals surface area (Å²) >= 11 is 0. The van der Waals surface area contributed by atoms with E-state index >= 15 is 8.78 Å². The number of ether oxygens (including phenoxy) is 1. The van der Waals surface area contributed by atoms with E-state index < -0.39 is 17.7 Å². The Bertz CT molecular complexity index is 1070. The summed E-state index contributed by atoms with van der Waals surface area (Å²) < 4.78 is 48.3. The second kappa shape index (κ2) is 8.20. The molecule has 1 aromatic heterocycles. The molecule has 0 amide bonds. The van der Waals surface area contributed by atoms with Gasteiger partial charge in [0.15, 0.2) is 0 Å². The van der Waals surface area contributed by atoms with E-state index in [-0.39, 0.29) is 29.9 Å². The summed E-state index contributed by atoms with van der Waals surface area (Å²) in [5.41, 5.74) is 2.88. The highest BCUT2D eigenvalue weighted by molar-refractivity contribution is 5.85. The van der Waals surface area contributed by atoms with Gasteiger partial charge in [-0.1, -0.05) is 18.2 Å². The van der Waals surface area contributed by atoms with Crippen molar-refractivity contribution >= 4 is 10.9 Å². The second-order valence-electron chi connectivity index (χ2n) is 8.70. The number of nitrogens with zero attached hydrogens (tertiary/aromatic N) is 1. The van der Waals surface area contributed by atoms with Crippen LogP contribution in [0.3, 0.4) is 0 Å². The zero-order valence-electron chi connectivity index (χ0n) is 17.4. The molecule has 0 radical (unpaired) electrons. The number of halogens is 3. The maximum atomic E-state index is 15.1.